The van der Waals surface area contributed by atoms with E-state index in [2.05, 4.69) is 26.1 Å². The third-order valence-electron chi connectivity index (χ3n) is 19.3. The Kier molecular flexibility index (Phi) is 117. The third kappa shape index (κ3) is 118. The molecule has 0 fully saturated rings. The van der Waals surface area contributed by atoms with Crippen molar-refractivity contribution >= 4 is 19.5 Å². The van der Waals surface area contributed by atoms with Crippen molar-refractivity contribution in [1.82, 2.24) is 10.2 Å². The van der Waals surface area contributed by atoms with Crippen LogP contribution in [-0.2, 0) is 137 Å². The quantitative estimate of drug-likeness (QED) is 0.0422. The summed E-state index contributed by atoms with van der Waals surface area (Å²) in [6.45, 7) is 31.6. The summed E-state index contributed by atoms with van der Waals surface area (Å²) in [6, 6.07) is 0. The molecule has 0 aliphatic carbocycles. The second-order valence-electron chi connectivity index (χ2n) is 30.9. The van der Waals surface area contributed by atoms with E-state index in [9.17, 15) is 14.2 Å². The molecule has 0 aliphatic heterocycles. The van der Waals surface area contributed by atoms with E-state index in [4.69, 9.17) is 128 Å². The van der Waals surface area contributed by atoms with Gasteiger partial charge >= 0.3 is 13.6 Å². The highest BCUT2D eigenvalue weighted by atomic mass is 31.2. The van der Waals surface area contributed by atoms with Gasteiger partial charge in [0.05, 0.1) is 324 Å². The van der Waals surface area contributed by atoms with Crippen LogP contribution in [0, 0.1) is 0 Å². The van der Waals surface area contributed by atoms with E-state index in [0.717, 1.165) is 38.7 Å². The Morgan fingerprint density at radius 1 is 0.236 bits per heavy atom. The number of carboxylic acid groups (broad SMARTS) is 1. The number of ether oxygens (including phenoxy) is 24. The lowest BCUT2D eigenvalue weighted by Crippen LogP contribution is -2.31. The van der Waals surface area contributed by atoms with Crippen LogP contribution in [-0.4, -0.2) is 379 Å². The van der Waals surface area contributed by atoms with Gasteiger partial charge in [0.2, 0.25) is 5.91 Å². The van der Waals surface area contributed by atoms with Gasteiger partial charge in [-0.05, 0) is 26.3 Å². The van der Waals surface area contributed by atoms with Gasteiger partial charge in [0.1, 0.15) is 6.29 Å². The molecule has 0 unspecified atom stereocenters. The standard InChI is InChI=1S/C48H96O24.C46H95N2O6P/c1-2-4-51-6-8-53-10-12-55-14-16-57-18-20-59-22-24-61-26-28-63-30-32-65-34-36-67-38-40-69-42-44-71-46-47-72-45-43-70-41-39-68-37-35-66-33-31-64-29-27-62-25-23-60-21-19-58-17-15-56-13-11-54-9-7-52-5-3-48(49)50;1-5-7-9-11-13-15-17-19-21-23-25-27-29-31-33-35-40-53-55(50,45-48(3)39-37-46(49)47-38-42-52-44-43-51-4)54-41-36-34-32-30-28-26-24-22-20-18-16-14-12-10-8-6-2/h2-47H2,1H3,(H,49,50);5-45H2,1-4H3,(H,47,49). The molecule has 0 aliphatic rings. The zero-order valence-electron chi connectivity index (χ0n) is 81.2. The Balaban J connectivity index is 0. The molecular formula is C94H191N2O30P. The Morgan fingerprint density at radius 3 is 0.630 bits per heavy atom. The molecule has 0 saturated heterocycles. The molecule has 33 heteroatoms. The van der Waals surface area contributed by atoms with E-state index in [1.54, 1.807) is 7.11 Å². The van der Waals surface area contributed by atoms with Crippen LogP contribution in [0.15, 0.2) is 0 Å². The minimum Gasteiger partial charge on any atom is -0.481 e. The van der Waals surface area contributed by atoms with Gasteiger partial charge in [-0.15, -0.1) is 0 Å². The van der Waals surface area contributed by atoms with Gasteiger partial charge in [0.15, 0.2) is 0 Å². The molecular weight excluding hydrogens is 1670 g/mol. The molecule has 0 heterocycles. The number of hydrogen-bond donors (Lipinski definition) is 2. The Labute approximate surface area is 771 Å². The summed E-state index contributed by atoms with van der Waals surface area (Å²) in [4.78, 5) is 24.6. The summed E-state index contributed by atoms with van der Waals surface area (Å²) in [5.74, 6) is -0.920. The molecule has 0 saturated carbocycles. The van der Waals surface area contributed by atoms with Crippen LogP contribution in [0.1, 0.15) is 245 Å². The normalized spacial score (nSPS) is 11.8. The lowest BCUT2D eigenvalue weighted by molar-refractivity contribution is -0.138. The van der Waals surface area contributed by atoms with Crippen molar-refractivity contribution in [3.63, 3.8) is 0 Å². The fourth-order valence-electron chi connectivity index (χ4n) is 12.1. The van der Waals surface area contributed by atoms with Gasteiger partial charge in [-0.3, -0.25) is 19.1 Å². The second kappa shape index (κ2) is 116. The predicted octanol–water partition coefficient (Wildman–Crippen LogP) is 15.0. The zero-order valence-corrected chi connectivity index (χ0v) is 82.1. The van der Waals surface area contributed by atoms with Gasteiger partial charge < -0.3 is 133 Å². The number of unbranched alkanes of at least 4 members (excludes halogenated alkanes) is 30. The fraction of sp³-hybridized carbons (Fsp3) is 0.979. The predicted molar refractivity (Wildman–Crippen MR) is 497 cm³/mol. The lowest BCUT2D eigenvalue weighted by atomic mass is 10.0. The van der Waals surface area contributed by atoms with Gasteiger partial charge in [-0.1, -0.05) is 213 Å². The lowest BCUT2D eigenvalue weighted by Gasteiger charge is -2.24. The van der Waals surface area contributed by atoms with Crippen molar-refractivity contribution in [1.29, 1.82) is 0 Å². The number of carbonyl (C=O) groups excluding carboxylic acids is 1. The molecule has 0 radical (unpaired) electrons. The number of nitrogens with one attached hydrogen (secondary N) is 1. The van der Waals surface area contributed by atoms with Gasteiger partial charge in [0.25, 0.3) is 0 Å². The first-order valence-electron chi connectivity index (χ1n) is 49.6. The number of aliphatic carboxylic acids is 1. The molecule has 0 aromatic carbocycles. The number of amides is 1. The number of carboxylic acids is 1. The zero-order chi connectivity index (χ0) is 91.8. The van der Waals surface area contributed by atoms with Crippen molar-refractivity contribution in [3.8, 4) is 0 Å². The van der Waals surface area contributed by atoms with Crippen LogP contribution in [0.3, 0.4) is 0 Å². The van der Waals surface area contributed by atoms with Gasteiger partial charge in [-0.25, -0.2) is 0 Å². The molecule has 762 valence electrons. The summed E-state index contributed by atoms with van der Waals surface area (Å²) in [6.07, 6.45) is 43.8. The molecule has 1 amide bonds. The summed E-state index contributed by atoms with van der Waals surface area (Å²) in [7, 11) is 0.242. The highest BCUT2D eigenvalue weighted by Gasteiger charge is 2.27. The van der Waals surface area contributed by atoms with E-state index in [0.29, 0.717) is 330 Å². The molecule has 0 atom stereocenters. The van der Waals surface area contributed by atoms with Crippen LogP contribution >= 0.6 is 7.60 Å². The number of hydrogen-bond acceptors (Lipinski definition) is 30. The highest BCUT2D eigenvalue weighted by molar-refractivity contribution is 7.53. The van der Waals surface area contributed by atoms with E-state index >= 15 is 0 Å². The smallest absolute Gasteiger partial charge is 0.344 e. The average molecular weight is 1860 g/mol. The van der Waals surface area contributed by atoms with Crippen LogP contribution in [0.5, 0.6) is 0 Å². The summed E-state index contributed by atoms with van der Waals surface area (Å²) in [5.41, 5.74) is 0. The monoisotopic (exact) mass is 1860 g/mol. The van der Waals surface area contributed by atoms with Crippen molar-refractivity contribution in [2.75, 3.05) is 357 Å². The topological polar surface area (TPSA) is 327 Å². The largest absolute Gasteiger partial charge is 0.481 e. The molecule has 0 aromatic heterocycles. The van der Waals surface area contributed by atoms with Crippen molar-refractivity contribution in [3.05, 3.63) is 0 Å². The number of carbonyl (C=O) groups is 2. The minimum absolute atomic E-state index is 0.00855. The average Bonchev–Trinajstić information content (AvgIpc) is 0.880. The van der Waals surface area contributed by atoms with E-state index < -0.39 is 13.6 Å². The van der Waals surface area contributed by atoms with E-state index in [1.165, 1.54) is 180 Å². The number of nitrogens with zero attached hydrogens (tertiary/aromatic N) is 1. The first-order chi connectivity index (χ1) is 62.7. The van der Waals surface area contributed by atoms with Crippen molar-refractivity contribution < 1.29 is 142 Å². The van der Waals surface area contributed by atoms with Crippen LogP contribution < -0.4 is 5.32 Å². The maximum absolute atomic E-state index is 13.9. The summed E-state index contributed by atoms with van der Waals surface area (Å²) >= 11 is 0. The molecule has 0 spiro atoms. The molecule has 2 N–H and O–H groups in total. The van der Waals surface area contributed by atoms with Crippen LogP contribution in [0.2, 0.25) is 0 Å². The maximum Gasteiger partial charge on any atom is 0.344 e. The van der Waals surface area contributed by atoms with Gasteiger partial charge in [0, 0.05) is 33.2 Å². The Bertz CT molecular complexity index is 2050. The third-order valence-corrected chi connectivity index (χ3v) is 21.3. The van der Waals surface area contributed by atoms with Crippen LogP contribution in [0.25, 0.3) is 0 Å². The van der Waals surface area contributed by atoms with Crippen molar-refractivity contribution in [2.24, 2.45) is 0 Å². The maximum atomic E-state index is 13.9. The van der Waals surface area contributed by atoms with Gasteiger partial charge in [-0.2, -0.15) is 0 Å². The summed E-state index contributed by atoms with van der Waals surface area (Å²) in [5, 5.41) is 11.4. The first-order valence-corrected chi connectivity index (χ1v) is 51.3. The Hall–Kier alpha value is -1.91. The molecule has 32 nitrogen and oxygen atoms in total. The SMILES string of the molecule is CCCCCCCCCCCCCCCCCCOP(=O)(CN(C)CCC(=O)NCCOCCOC)OCCCCCCCCCCCCCCCCCC.CCCOCCOCCOCCOCCOCCOCCOCCOCCOCCOCCOCCOCCOCCOCCOCCOCCOCCOCCOCCOCCOCCOCCC(=O)O. The number of methoxy groups -OCH3 is 1. The Morgan fingerprint density at radius 2 is 0.425 bits per heavy atom. The van der Waals surface area contributed by atoms with Crippen molar-refractivity contribution in [2.45, 2.75) is 245 Å². The van der Waals surface area contributed by atoms with Crippen LogP contribution in [0.4, 0.5) is 0 Å². The van der Waals surface area contributed by atoms with E-state index in [1.807, 2.05) is 11.9 Å². The highest BCUT2D eigenvalue weighted by Crippen LogP contribution is 2.49. The molecule has 0 bridgehead atoms. The molecule has 127 heavy (non-hydrogen) atoms. The fourth-order valence-corrected chi connectivity index (χ4v) is 13.9. The minimum atomic E-state index is -3.29. The summed E-state index contributed by atoms with van der Waals surface area (Å²) < 4.78 is 156. The number of rotatable bonds is 115. The molecule has 0 aromatic rings. The molecule has 0 rings (SSSR count). The first kappa shape index (κ1) is 127. The van der Waals surface area contributed by atoms with E-state index in [-0.39, 0.29) is 25.2 Å². The second-order valence-corrected chi connectivity index (χ2v) is 32.9.